The summed E-state index contributed by atoms with van der Waals surface area (Å²) in [5, 5.41) is 6.67. The Bertz CT molecular complexity index is 1340. The molecular formula is C20H15F3N6O3. The molecule has 1 aromatic carbocycles. The molecule has 0 saturated carbocycles. The van der Waals surface area contributed by atoms with Crippen molar-refractivity contribution in [3.8, 4) is 11.6 Å². The van der Waals surface area contributed by atoms with E-state index in [0.717, 1.165) is 13.1 Å². The van der Waals surface area contributed by atoms with E-state index in [0.29, 0.717) is 21.3 Å². The normalized spacial score (nSPS) is 11.5. The van der Waals surface area contributed by atoms with Crippen molar-refractivity contribution >= 4 is 28.5 Å². The van der Waals surface area contributed by atoms with E-state index in [1.165, 1.54) is 30.1 Å². The summed E-state index contributed by atoms with van der Waals surface area (Å²) in [6.07, 6.45) is -1.90. The lowest BCUT2D eigenvalue weighted by Crippen LogP contribution is -2.18. The van der Waals surface area contributed by atoms with Gasteiger partial charge in [0, 0.05) is 37.7 Å². The number of hydrogen-bond donors (Lipinski definition) is 1. The average molecular weight is 444 g/mol. The maximum atomic E-state index is 12.9. The van der Waals surface area contributed by atoms with Crippen molar-refractivity contribution in [2.75, 3.05) is 5.32 Å². The first-order chi connectivity index (χ1) is 15.1. The number of carbonyl (C=O) groups excluding carboxylic acids is 2. The van der Waals surface area contributed by atoms with Crippen molar-refractivity contribution < 1.29 is 27.5 Å². The molecule has 0 bridgehead atoms. The number of nitrogens with one attached hydrogen (secondary N) is 1. The summed E-state index contributed by atoms with van der Waals surface area (Å²) in [5.41, 5.74) is -0.277. The van der Waals surface area contributed by atoms with Gasteiger partial charge >= 0.3 is 12.2 Å². The molecule has 4 aromatic rings. The van der Waals surface area contributed by atoms with Crippen molar-refractivity contribution in [1.29, 1.82) is 0 Å². The zero-order chi connectivity index (χ0) is 23.0. The zero-order valence-electron chi connectivity index (χ0n) is 16.7. The summed E-state index contributed by atoms with van der Waals surface area (Å²) in [5.74, 6) is 0.128. The van der Waals surface area contributed by atoms with Gasteiger partial charge in [0.05, 0.1) is 5.52 Å². The Hall–Kier alpha value is -4.22. The molecule has 0 radical (unpaired) electrons. The number of ketones is 1. The average Bonchev–Trinajstić information content (AvgIpc) is 3.31. The Kier molecular flexibility index (Phi) is 5.12. The fraction of sp³-hybridized carbons (Fsp3) is 0.150. The quantitative estimate of drug-likeness (QED) is 0.472. The second-order valence-corrected chi connectivity index (χ2v) is 6.77. The van der Waals surface area contributed by atoms with Gasteiger partial charge in [-0.3, -0.25) is 19.4 Å². The molecule has 12 heteroatoms. The van der Waals surface area contributed by atoms with E-state index in [-0.39, 0.29) is 23.2 Å². The lowest BCUT2D eigenvalue weighted by molar-refractivity contribution is -0.143. The van der Waals surface area contributed by atoms with Gasteiger partial charge in [-0.15, -0.1) is 0 Å². The maximum Gasteiger partial charge on any atom is 0.433 e. The molecule has 0 aliphatic heterocycles. The van der Waals surface area contributed by atoms with Crippen LogP contribution in [0.5, 0.6) is 11.6 Å². The Balaban J connectivity index is 1.55. The van der Waals surface area contributed by atoms with Crippen molar-refractivity contribution in [3.05, 3.63) is 60.3 Å². The van der Waals surface area contributed by atoms with Crippen molar-refractivity contribution in [3.63, 3.8) is 0 Å². The smallest absolute Gasteiger partial charge is 0.433 e. The summed E-state index contributed by atoms with van der Waals surface area (Å²) < 4.78 is 46.3. The van der Waals surface area contributed by atoms with Crippen LogP contribution in [0.3, 0.4) is 0 Å². The summed E-state index contributed by atoms with van der Waals surface area (Å²) in [4.78, 5) is 31.8. The number of fused-ring (bicyclic) bond motifs is 1. The van der Waals surface area contributed by atoms with E-state index in [4.69, 9.17) is 4.74 Å². The summed E-state index contributed by atoms with van der Waals surface area (Å²) >= 11 is 0. The van der Waals surface area contributed by atoms with E-state index >= 15 is 0 Å². The monoisotopic (exact) mass is 444 g/mol. The number of aryl methyl sites for hydroxylation is 1. The summed E-state index contributed by atoms with van der Waals surface area (Å²) in [6.45, 7) is 1.38. The predicted molar refractivity (Wildman–Crippen MR) is 107 cm³/mol. The minimum absolute atomic E-state index is 0.178. The third kappa shape index (κ3) is 4.15. The number of hydrogen-bond acceptors (Lipinski definition) is 6. The number of Topliss-reactive ketones (excluding diaryl/α,β-unsaturated/α-hetero) is 1. The number of halogens is 3. The van der Waals surface area contributed by atoms with Crippen LogP contribution < -0.4 is 10.1 Å². The molecule has 9 nitrogen and oxygen atoms in total. The minimum atomic E-state index is -4.59. The molecule has 0 saturated heterocycles. The zero-order valence-corrected chi connectivity index (χ0v) is 16.7. The van der Waals surface area contributed by atoms with Gasteiger partial charge in [0.2, 0.25) is 5.88 Å². The fourth-order valence-electron chi connectivity index (χ4n) is 3.03. The molecule has 1 N–H and O–H groups in total. The number of carbonyl (C=O) groups is 2. The van der Waals surface area contributed by atoms with Crippen molar-refractivity contribution in [1.82, 2.24) is 24.3 Å². The van der Waals surface area contributed by atoms with Gasteiger partial charge in [0.1, 0.15) is 23.5 Å². The van der Waals surface area contributed by atoms with Gasteiger partial charge in [0.15, 0.2) is 11.6 Å². The Morgan fingerprint density at radius 3 is 2.56 bits per heavy atom. The maximum absolute atomic E-state index is 12.9. The highest BCUT2D eigenvalue weighted by Crippen LogP contribution is 2.30. The molecule has 0 unspecified atom stereocenters. The highest BCUT2D eigenvalue weighted by atomic mass is 19.4. The van der Waals surface area contributed by atoms with Gasteiger partial charge in [-0.1, -0.05) is 0 Å². The molecule has 0 spiro atoms. The second-order valence-electron chi connectivity index (χ2n) is 6.77. The van der Waals surface area contributed by atoms with Gasteiger partial charge in [-0.05, 0) is 24.3 Å². The molecule has 3 aromatic heterocycles. The van der Waals surface area contributed by atoms with Gasteiger partial charge < -0.3 is 4.74 Å². The molecule has 0 fully saturated rings. The van der Waals surface area contributed by atoms with Crippen LogP contribution in [0.15, 0.2) is 48.9 Å². The number of alkyl halides is 3. The van der Waals surface area contributed by atoms with Crippen LogP contribution in [0.2, 0.25) is 0 Å². The summed E-state index contributed by atoms with van der Waals surface area (Å²) in [7, 11) is 1.14. The summed E-state index contributed by atoms with van der Waals surface area (Å²) in [6, 6.07) is 7.97. The van der Waals surface area contributed by atoms with E-state index in [9.17, 15) is 22.8 Å². The molecule has 3 heterocycles. The van der Waals surface area contributed by atoms with E-state index in [1.807, 2.05) is 0 Å². The highest BCUT2D eigenvalue weighted by Gasteiger charge is 2.35. The molecular weight excluding hydrogens is 429 g/mol. The second kappa shape index (κ2) is 7.80. The number of aromatic nitrogens is 5. The van der Waals surface area contributed by atoms with Crippen molar-refractivity contribution in [2.45, 2.75) is 13.1 Å². The minimum Gasteiger partial charge on any atom is -0.439 e. The van der Waals surface area contributed by atoms with Crippen LogP contribution in [0.25, 0.3) is 10.9 Å². The SMILES string of the molecule is CC(=O)c1cc(Oc2ccc3c(ccn3C(=O)Nc3cc(C(F)(F)F)n(C)n3)c2)ncn1. The van der Waals surface area contributed by atoms with Crippen LogP contribution in [0, 0.1) is 0 Å². The first-order valence-corrected chi connectivity index (χ1v) is 9.16. The number of rotatable bonds is 4. The first kappa shape index (κ1) is 21.0. The van der Waals surface area contributed by atoms with Crippen LogP contribution >= 0.6 is 0 Å². The van der Waals surface area contributed by atoms with E-state index in [2.05, 4.69) is 20.4 Å². The fourth-order valence-corrected chi connectivity index (χ4v) is 3.03. The molecule has 32 heavy (non-hydrogen) atoms. The lowest BCUT2D eigenvalue weighted by atomic mass is 10.2. The molecule has 1 amide bonds. The van der Waals surface area contributed by atoms with E-state index in [1.54, 1.807) is 24.3 Å². The Morgan fingerprint density at radius 1 is 1.09 bits per heavy atom. The predicted octanol–water partition coefficient (Wildman–Crippen LogP) is 4.26. The Morgan fingerprint density at radius 2 is 1.88 bits per heavy atom. The Labute approximate surface area is 178 Å². The van der Waals surface area contributed by atoms with Crippen LogP contribution in [-0.2, 0) is 13.2 Å². The topological polar surface area (TPSA) is 104 Å². The van der Waals surface area contributed by atoms with Gasteiger partial charge in [-0.25, -0.2) is 14.8 Å². The number of amides is 1. The standard InChI is InChI=1S/C20H15F3N6O3/c1-11(30)14-8-18(25-10-24-14)32-13-3-4-15-12(7-13)5-6-29(15)19(31)26-17-9-16(20(21,22)23)28(2)27-17/h3-10H,1-2H3,(H,26,27,31). The number of anilines is 1. The third-order valence-corrected chi connectivity index (χ3v) is 4.51. The molecule has 0 atom stereocenters. The largest absolute Gasteiger partial charge is 0.439 e. The number of ether oxygens (including phenoxy) is 1. The van der Waals surface area contributed by atoms with Crippen LogP contribution in [-0.4, -0.2) is 36.1 Å². The van der Waals surface area contributed by atoms with Gasteiger partial charge in [-0.2, -0.15) is 18.3 Å². The van der Waals surface area contributed by atoms with Gasteiger partial charge in [0.25, 0.3) is 0 Å². The van der Waals surface area contributed by atoms with Crippen LogP contribution in [0.1, 0.15) is 23.1 Å². The number of benzene rings is 1. The molecule has 0 aliphatic carbocycles. The highest BCUT2D eigenvalue weighted by molar-refractivity contribution is 5.98. The third-order valence-electron chi connectivity index (χ3n) is 4.51. The van der Waals surface area contributed by atoms with E-state index < -0.39 is 17.9 Å². The van der Waals surface area contributed by atoms with Crippen LogP contribution in [0.4, 0.5) is 23.8 Å². The first-order valence-electron chi connectivity index (χ1n) is 9.16. The van der Waals surface area contributed by atoms with Crippen molar-refractivity contribution in [2.24, 2.45) is 7.05 Å². The molecule has 4 rings (SSSR count). The number of nitrogens with zero attached hydrogens (tertiary/aromatic N) is 5. The lowest BCUT2D eigenvalue weighted by Gasteiger charge is -2.07. The molecule has 164 valence electrons. The molecule has 0 aliphatic rings.